The van der Waals surface area contributed by atoms with Gasteiger partial charge in [-0.2, -0.15) is 13.2 Å². The Morgan fingerprint density at radius 3 is 2.43 bits per heavy atom. The molecule has 1 aromatic carbocycles. The predicted octanol–water partition coefficient (Wildman–Crippen LogP) is 3.36. The number of ether oxygens (including phenoxy) is 1. The summed E-state index contributed by atoms with van der Waals surface area (Å²) in [5.41, 5.74) is -2.68. The summed E-state index contributed by atoms with van der Waals surface area (Å²) in [5, 5.41) is 10.9. The standard InChI is InChI=1S/C13H12F3NO4/c1-12(2)10(18)6-11(12)21-9-4-3-7(13(14,15)16)5-8(9)17(19)20/h3-5,11H,6H2,1-2H3. The average Bonchev–Trinajstić information content (AvgIpc) is 2.37. The van der Waals surface area contributed by atoms with Crippen LogP contribution < -0.4 is 4.74 Å². The van der Waals surface area contributed by atoms with E-state index in [1.165, 1.54) is 0 Å². The maximum absolute atomic E-state index is 12.6. The van der Waals surface area contributed by atoms with Gasteiger partial charge in [-0.3, -0.25) is 14.9 Å². The molecule has 0 spiro atoms. The number of nitro groups is 1. The second-order valence-electron chi connectivity index (χ2n) is 5.39. The molecule has 1 saturated carbocycles. The van der Waals surface area contributed by atoms with E-state index in [0.29, 0.717) is 6.07 Å². The van der Waals surface area contributed by atoms with Crippen LogP contribution in [0.2, 0.25) is 0 Å². The molecule has 0 bridgehead atoms. The lowest BCUT2D eigenvalue weighted by atomic mass is 9.68. The van der Waals surface area contributed by atoms with E-state index in [4.69, 9.17) is 4.74 Å². The highest BCUT2D eigenvalue weighted by Gasteiger charge is 2.49. The molecule has 0 saturated heterocycles. The lowest BCUT2D eigenvalue weighted by Crippen LogP contribution is -2.53. The molecule has 2 rings (SSSR count). The van der Waals surface area contributed by atoms with Crippen molar-refractivity contribution in [2.24, 2.45) is 5.41 Å². The Morgan fingerprint density at radius 2 is 2.00 bits per heavy atom. The molecule has 21 heavy (non-hydrogen) atoms. The van der Waals surface area contributed by atoms with E-state index in [0.717, 1.165) is 12.1 Å². The van der Waals surface area contributed by atoms with Crippen molar-refractivity contribution < 1.29 is 27.6 Å². The molecular formula is C13H12F3NO4. The number of halogens is 3. The van der Waals surface area contributed by atoms with Gasteiger partial charge < -0.3 is 4.74 Å². The minimum Gasteiger partial charge on any atom is -0.482 e. The molecule has 1 unspecified atom stereocenters. The zero-order valence-electron chi connectivity index (χ0n) is 11.2. The van der Waals surface area contributed by atoms with Gasteiger partial charge in [-0.05, 0) is 26.0 Å². The number of nitro benzene ring substituents is 1. The van der Waals surface area contributed by atoms with Gasteiger partial charge in [0.25, 0.3) is 0 Å². The summed E-state index contributed by atoms with van der Waals surface area (Å²) >= 11 is 0. The molecule has 1 aliphatic rings. The number of benzene rings is 1. The van der Waals surface area contributed by atoms with Crippen molar-refractivity contribution in [3.05, 3.63) is 33.9 Å². The minimum absolute atomic E-state index is 0.0536. The van der Waals surface area contributed by atoms with E-state index in [1.807, 2.05) is 0 Å². The van der Waals surface area contributed by atoms with Gasteiger partial charge in [-0.1, -0.05) is 0 Å². The van der Waals surface area contributed by atoms with Crippen LogP contribution in [0.3, 0.4) is 0 Å². The van der Waals surface area contributed by atoms with E-state index in [-0.39, 0.29) is 18.0 Å². The number of ketones is 1. The summed E-state index contributed by atoms with van der Waals surface area (Å²) in [7, 11) is 0. The zero-order chi connectivity index (χ0) is 16.0. The molecule has 0 heterocycles. The molecule has 0 N–H and O–H groups in total. The maximum atomic E-state index is 12.6. The van der Waals surface area contributed by atoms with Crippen molar-refractivity contribution in [3.8, 4) is 5.75 Å². The molecule has 5 nitrogen and oxygen atoms in total. The fourth-order valence-corrected chi connectivity index (χ4v) is 2.01. The second-order valence-corrected chi connectivity index (χ2v) is 5.39. The number of carbonyl (C=O) groups excluding carboxylic acids is 1. The van der Waals surface area contributed by atoms with E-state index in [2.05, 4.69) is 0 Å². The molecule has 1 fully saturated rings. The van der Waals surface area contributed by atoms with Crippen molar-refractivity contribution in [1.29, 1.82) is 0 Å². The minimum atomic E-state index is -4.67. The number of nitrogens with zero attached hydrogens (tertiary/aromatic N) is 1. The van der Waals surface area contributed by atoms with Gasteiger partial charge in [0.2, 0.25) is 0 Å². The Balaban J connectivity index is 2.32. The number of hydrogen-bond acceptors (Lipinski definition) is 4. The maximum Gasteiger partial charge on any atom is 0.416 e. The SMILES string of the molecule is CC1(C)C(=O)CC1Oc1ccc(C(F)(F)F)cc1[N+](=O)[O-]. The third kappa shape index (κ3) is 2.70. The van der Waals surface area contributed by atoms with Crippen molar-refractivity contribution >= 4 is 11.5 Å². The van der Waals surface area contributed by atoms with Crippen LogP contribution in [0.15, 0.2) is 18.2 Å². The van der Waals surface area contributed by atoms with Crippen LogP contribution in [0.1, 0.15) is 25.8 Å². The number of alkyl halides is 3. The first-order valence-corrected chi connectivity index (χ1v) is 6.09. The Labute approximate surface area is 117 Å². The van der Waals surface area contributed by atoms with Gasteiger partial charge in [-0.25, -0.2) is 0 Å². The van der Waals surface area contributed by atoms with E-state index in [9.17, 15) is 28.1 Å². The van der Waals surface area contributed by atoms with E-state index < -0.39 is 33.9 Å². The summed E-state index contributed by atoms with van der Waals surface area (Å²) in [6.45, 7) is 3.25. The number of rotatable bonds is 3. The normalized spacial score (nSPS) is 20.8. The predicted molar refractivity (Wildman–Crippen MR) is 65.9 cm³/mol. The smallest absolute Gasteiger partial charge is 0.416 e. The quantitative estimate of drug-likeness (QED) is 0.634. The van der Waals surface area contributed by atoms with Gasteiger partial charge in [-0.15, -0.1) is 0 Å². The molecule has 0 amide bonds. The Morgan fingerprint density at radius 1 is 1.38 bits per heavy atom. The molecule has 1 atom stereocenters. The van der Waals surface area contributed by atoms with Gasteiger partial charge in [0.1, 0.15) is 11.9 Å². The summed E-state index contributed by atoms with van der Waals surface area (Å²) in [4.78, 5) is 21.4. The van der Waals surface area contributed by atoms with Gasteiger partial charge in [0.05, 0.1) is 15.9 Å². The first kappa shape index (κ1) is 15.3. The van der Waals surface area contributed by atoms with Crippen LogP contribution >= 0.6 is 0 Å². The topological polar surface area (TPSA) is 69.4 Å². The Hall–Kier alpha value is -2.12. The van der Waals surface area contributed by atoms with Crippen LogP contribution in [0.5, 0.6) is 5.75 Å². The second kappa shape index (κ2) is 4.71. The van der Waals surface area contributed by atoms with Crippen molar-refractivity contribution in [2.75, 3.05) is 0 Å². The molecule has 1 aliphatic carbocycles. The monoisotopic (exact) mass is 303 g/mol. The van der Waals surface area contributed by atoms with Gasteiger partial charge >= 0.3 is 11.9 Å². The largest absolute Gasteiger partial charge is 0.482 e. The molecule has 0 radical (unpaired) electrons. The first-order valence-electron chi connectivity index (χ1n) is 6.09. The lowest BCUT2D eigenvalue weighted by molar-refractivity contribution is -0.386. The zero-order valence-corrected chi connectivity index (χ0v) is 11.2. The van der Waals surface area contributed by atoms with Crippen LogP contribution in [0, 0.1) is 15.5 Å². The van der Waals surface area contributed by atoms with Crippen LogP contribution in [0.25, 0.3) is 0 Å². The summed E-state index contributed by atoms with van der Waals surface area (Å²) in [5.74, 6) is -0.319. The summed E-state index contributed by atoms with van der Waals surface area (Å²) < 4.78 is 43.1. The Bertz CT molecular complexity index is 610. The fraction of sp³-hybridized carbons (Fsp3) is 0.462. The fourth-order valence-electron chi connectivity index (χ4n) is 2.01. The van der Waals surface area contributed by atoms with Gasteiger partial charge in [0.15, 0.2) is 5.75 Å². The van der Waals surface area contributed by atoms with E-state index >= 15 is 0 Å². The van der Waals surface area contributed by atoms with Crippen molar-refractivity contribution in [2.45, 2.75) is 32.5 Å². The van der Waals surface area contributed by atoms with Crippen LogP contribution in [-0.2, 0) is 11.0 Å². The van der Waals surface area contributed by atoms with Crippen molar-refractivity contribution in [1.82, 2.24) is 0 Å². The molecule has 8 heteroatoms. The highest BCUT2D eigenvalue weighted by atomic mass is 19.4. The third-order valence-electron chi connectivity index (χ3n) is 3.65. The van der Waals surface area contributed by atoms with Crippen LogP contribution in [-0.4, -0.2) is 16.8 Å². The number of Topliss-reactive ketones (excluding diaryl/α,β-unsaturated/α-hetero) is 1. The highest BCUT2D eigenvalue weighted by Crippen LogP contribution is 2.42. The molecular weight excluding hydrogens is 291 g/mol. The summed E-state index contributed by atoms with van der Waals surface area (Å²) in [6.07, 6.45) is -5.17. The van der Waals surface area contributed by atoms with Crippen LogP contribution in [0.4, 0.5) is 18.9 Å². The summed E-state index contributed by atoms with van der Waals surface area (Å²) in [6, 6.07) is 2.07. The number of carbonyl (C=O) groups is 1. The average molecular weight is 303 g/mol. The van der Waals surface area contributed by atoms with Gasteiger partial charge in [0, 0.05) is 12.5 Å². The lowest BCUT2D eigenvalue weighted by Gasteiger charge is -2.41. The van der Waals surface area contributed by atoms with E-state index in [1.54, 1.807) is 13.8 Å². The molecule has 1 aromatic rings. The molecule has 0 aromatic heterocycles. The third-order valence-corrected chi connectivity index (χ3v) is 3.65. The van der Waals surface area contributed by atoms with Crippen molar-refractivity contribution in [3.63, 3.8) is 0 Å². The first-order chi connectivity index (χ1) is 9.53. The highest BCUT2D eigenvalue weighted by molar-refractivity contribution is 5.91. The Kier molecular flexibility index (Phi) is 3.43. The molecule has 0 aliphatic heterocycles. The molecule has 114 valence electrons. The number of hydrogen-bond donors (Lipinski definition) is 0.